The van der Waals surface area contributed by atoms with Crippen molar-refractivity contribution in [2.75, 3.05) is 0 Å². The third-order valence-corrected chi connectivity index (χ3v) is 3.09. The molecule has 74 valence electrons. The Morgan fingerprint density at radius 3 is 2.57 bits per heavy atom. The van der Waals surface area contributed by atoms with Crippen molar-refractivity contribution in [2.45, 2.75) is 26.2 Å². The zero-order valence-electron chi connectivity index (χ0n) is 8.22. The van der Waals surface area contributed by atoms with Gasteiger partial charge in [0.05, 0.1) is 0 Å². The highest BCUT2D eigenvalue weighted by atomic mass is 19.1. The monoisotopic (exact) mass is 192 g/mol. The van der Waals surface area contributed by atoms with Crippen LogP contribution in [0.1, 0.15) is 25.3 Å². The van der Waals surface area contributed by atoms with Crippen LogP contribution in [-0.4, -0.2) is 5.78 Å². The summed E-state index contributed by atoms with van der Waals surface area (Å²) in [6, 6.07) is 6.70. The first-order chi connectivity index (χ1) is 6.64. The van der Waals surface area contributed by atoms with E-state index in [1.165, 1.54) is 6.07 Å². The van der Waals surface area contributed by atoms with E-state index in [0.29, 0.717) is 12.0 Å². The van der Waals surface area contributed by atoms with Crippen molar-refractivity contribution in [2.24, 2.45) is 5.41 Å². The normalized spacial score (nSPS) is 17.9. The van der Waals surface area contributed by atoms with Gasteiger partial charge in [0.1, 0.15) is 11.6 Å². The molecule has 2 rings (SSSR count). The van der Waals surface area contributed by atoms with Crippen molar-refractivity contribution in [3.8, 4) is 0 Å². The van der Waals surface area contributed by atoms with Gasteiger partial charge in [-0.2, -0.15) is 0 Å². The third-order valence-electron chi connectivity index (χ3n) is 3.09. The number of rotatable bonds is 3. The molecule has 0 bridgehead atoms. The number of carbonyl (C=O) groups is 1. The molecule has 1 aromatic carbocycles. The topological polar surface area (TPSA) is 17.1 Å². The molecular formula is C12H13FO. The van der Waals surface area contributed by atoms with Crippen molar-refractivity contribution in [1.82, 2.24) is 0 Å². The molecule has 0 spiro atoms. The van der Waals surface area contributed by atoms with E-state index in [9.17, 15) is 9.18 Å². The Morgan fingerprint density at radius 2 is 2.07 bits per heavy atom. The average Bonchev–Trinajstić information content (AvgIpc) is 2.90. The smallest absolute Gasteiger partial charge is 0.136 e. The van der Waals surface area contributed by atoms with Crippen LogP contribution >= 0.6 is 0 Å². The molecule has 0 radical (unpaired) electrons. The quantitative estimate of drug-likeness (QED) is 0.719. The molecular weight excluding hydrogens is 179 g/mol. The summed E-state index contributed by atoms with van der Waals surface area (Å²) in [5, 5.41) is 0. The SMILES string of the molecule is CC(=O)C1(Cc2ccccc2F)CC1. The summed E-state index contributed by atoms with van der Waals surface area (Å²) in [5.41, 5.74) is 0.433. The number of Topliss-reactive ketones (excluding diaryl/α,β-unsaturated/α-hetero) is 1. The predicted octanol–water partition coefficient (Wildman–Crippen LogP) is 2.74. The number of hydrogen-bond acceptors (Lipinski definition) is 1. The van der Waals surface area contributed by atoms with Crippen molar-refractivity contribution < 1.29 is 9.18 Å². The van der Waals surface area contributed by atoms with Gasteiger partial charge in [0.25, 0.3) is 0 Å². The summed E-state index contributed by atoms with van der Waals surface area (Å²) in [5.74, 6) is 0.000720. The van der Waals surface area contributed by atoms with E-state index in [4.69, 9.17) is 0 Å². The highest BCUT2D eigenvalue weighted by molar-refractivity contribution is 5.85. The van der Waals surface area contributed by atoms with Crippen molar-refractivity contribution in [1.29, 1.82) is 0 Å². The molecule has 1 aliphatic carbocycles. The fourth-order valence-electron chi connectivity index (χ4n) is 1.81. The molecule has 1 nitrogen and oxygen atoms in total. The first-order valence-electron chi connectivity index (χ1n) is 4.88. The first kappa shape index (κ1) is 9.38. The molecule has 0 atom stereocenters. The maximum atomic E-state index is 13.3. The summed E-state index contributed by atoms with van der Waals surface area (Å²) in [4.78, 5) is 11.3. The van der Waals surface area contributed by atoms with Gasteiger partial charge in [0.2, 0.25) is 0 Å². The van der Waals surface area contributed by atoms with Crippen LogP contribution < -0.4 is 0 Å². The number of ketones is 1. The summed E-state index contributed by atoms with van der Waals surface area (Å²) in [6.45, 7) is 1.61. The van der Waals surface area contributed by atoms with Gasteiger partial charge in [-0.1, -0.05) is 18.2 Å². The van der Waals surface area contributed by atoms with Crippen molar-refractivity contribution >= 4 is 5.78 Å². The Bertz CT molecular complexity index is 366. The van der Waals surface area contributed by atoms with Crippen molar-refractivity contribution in [3.05, 3.63) is 35.6 Å². The predicted molar refractivity (Wildman–Crippen MR) is 52.5 cm³/mol. The van der Waals surface area contributed by atoms with Gasteiger partial charge < -0.3 is 0 Å². The highest BCUT2D eigenvalue weighted by Crippen LogP contribution is 2.49. The Morgan fingerprint density at radius 1 is 1.43 bits per heavy atom. The van der Waals surface area contributed by atoms with E-state index >= 15 is 0 Å². The van der Waals surface area contributed by atoms with Gasteiger partial charge in [-0.15, -0.1) is 0 Å². The molecule has 0 amide bonds. The van der Waals surface area contributed by atoms with E-state index in [0.717, 1.165) is 12.8 Å². The standard InChI is InChI=1S/C12H13FO/c1-9(14)12(6-7-12)8-10-4-2-3-5-11(10)13/h2-5H,6-8H2,1H3. The second kappa shape index (κ2) is 3.19. The summed E-state index contributed by atoms with van der Waals surface area (Å²) < 4.78 is 13.3. The summed E-state index contributed by atoms with van der Waals surface area (Å²) in [7, 11) is 0. The van der Waals surface area contributed by atoms with Gasteiger partial charge in [-0.05, 0) is 37.8 Å². The minimum Gasteiger partial charge on any atom is -0.299 e. The fraction of sp³-hybridized carbons (Fsp3) is 0.417. The Balaban J connectivity index is 2.19. The molecule has 1 fully saturated rings. The van der Waals surface area contributed by atoms with Crippen LogP contribution in [0.15, 0.2) is 24.3 Å². The second-order valence-electron chi connectivity index (χ2n) is 4.10. The van der Waals surface area contributed by atoms with Crippen molar-refractivity contribution in [3.63, 3.8) is 0 Å². The van der Waals surface area contributed by atoms with Gasteiger partial charge in [-0.25, -0.2) is 4.39 Å². The molecule has 0 aromatic heterocycles. The maximum Gasteiger partial charge on any atom is 0.136 e. The highest BCUT2D eigenvalue weighted by Gasteiger charge is 2.47. The average molecular weight is 192 g/mol. The summed E-state index contributed by atoms with van der Waals surface area (Å²) in [6.07, 6.45) is 2.39. The number of benzene rings is 1. The van der Waals surface area contributed by atoms with E-state index < -0.39 is 0 Å². The van der Waals surface area contributed by atoms with Gasteiger partial charge in [0.15, 0.2) is 0 Å². The molecule has 0 N–H and O–H groups in total. The lowest BCUT2D eigenvalue weighted by Crippen LogP contribution is -2.15. The van der Waals surface area contributed by atoms with Crippen LogP contribution in [0.3, 0.4) is 0 Å². The molecule has 0 unspecified atom stereocenters. The van der Waals surface area contributed by atoms with Crippen LogP contribution in [0.2, 0.25) is 0 Å². The Labute approximate surface area is 82.9 Å². The fourth-order valence-corrected chi connectivity index (χ4v) is 1.81. The second-order valence-corrected chi connectivity index (χ2v) is 4.10. The van der Waals surface area contributed by atoms with Gasteiger partial charge in [0, 0.05) is 5.41 Å². The Kier molecular flexibility index (Phi) is 2.14. The van der Waals surface area contributed by atoms with Crippen LogP contribution in [0.25, 0.3) is 0 Å². The molecule has 0 saturated heterocycles. The first-order valence-corrected chi connectivity index (χ1v) is 4.88. The largest absolute Gasteiger partial charge is 0.299 e. The maximum absolute atomic E-state index is 13.3. The number of halogens is 1. The lowest BCUT2D eigenvalue weighted by atomic mass is 9.93. The number of hydrogen-bond donors (Lipinski definition) is 0. The Hall–Kier alpha value is -1.18. The lowest BCUT2D eigenvalue weighted by molar-refractivity contribution is -0.121. The molecule has 0 heterocycles. The lowest BCUT2D eigenvalue weighted by Gasteiger charge is -2.11. The van der Waals surface area contributed by atoms with E-state index in [1.807, 2.05) is 6.07 Å². The van der Waals surface area contributed by atoms with Crippen LogP contribution in [0.4, 0.5) is 4.39 Å². The molecule has 14 heavy (non-hydrogen) atoms. The zero-order chi connectivity index (χ0) is 10.2. The van der Waals surface area contributed by atoms with Crippen LogP contribution in [0, 0.1) is 11.2 Å². The minimum atomic E-state index is -0.234. The van der Waals surface area contributed by atoms with E-state index in [-0.39, 0.29) is 17.0 Å². The van der Waals surface area contributed by atoms with Crippen LogP contribution in [0.5, 0.6) is 0 Å². The van der Waals surface area contributed by atoms with Crippen LogP contribution in [-0.2, 0) is 11.2 Å². The summed E-state index contributed by atoms with van der Waals surface area (Å²) >= 11 is 0. The minimum absolute atomic E-state index is 0.194. The zero-order valence-corrected chi connectivity index (χ0v) is 8.22. The van der Waals surface area contributed by atoms with E-state index in [1.54, 1.807) is 19.1 Å². The van der Waals surface area contributed by atoms with E-state index in [2.05, 4.69) is 0 Å². The molecule has 1 saturated carbocycles. The molecule has 2 heteroatoms. The third kappa shape index (κ3) is 1.57. The molecule has 0 aliphatic heterocycles. The van der Waals surface area contributed by atoms with Gasteiger partial charge >= 0.3 is 0 Å². The van der Waals surface area contributed by atoms with Gasteiger partial charge in [-0.3, -0.25) is 4.79 Å². The molecule has 1 aliphatic rings. The molecule has 1 aromatic rings. The number of carbonyl (C=O) groups excluding carboxylic acids is 1.